The Morgan fingerprint density at radius 3 is 2.74 bits per heavy atom. The minimum absolute atomic E-state index is 0.0408. The van der Waals surface area contributed by atoms with Crippen LogP contribution in [-0.2, 0) is 6.54 Å². The summed E-state index contributed by atoms with van der Waals surface area (Å²) in [4.78, 5) is 29.7. The summed E-state index contributed by atoms with van der Waals surface area (Å²) in [6.07, 6.45) is 3.02. The number of hydrogen-bond donors (Lipinski definition) is 1. The summed E-state index contributed by atoms with van der Waals surface area (Å²) >= 11 is 0. The quantitative estimate of drug-likeness (QED) is 0.761. The van der Waals surface area contributed by atoms with Crippen molar-refractivity contribution in [3.8, 4) is 17.4 Å². The first kappa shape index (κ1) is 16.9. The molecule has 138 valence electrons. The summed E-state index contributed by atoms with van der Waals surface area (Å²) in [5.41, 5.74) is 0.828. The molecule has 1 N–H and O–H groups in total. The van der Waals surface area contributed by atoms with Gasteiger partial charge in [-0.3, -0.25) is 9.59 Å². The molecule has 1 aliphatic rings. The highest BCUT2D eigenvalue weighted by atomic mass is 16.7. The average molecular weight is 367 g/mol. The van der Waals surface area contributed by atoms with E-state index in [1.807, 2.05) is 11.5 Å². The maximum absolute atomic E-state index is 12.9. The van der Waals surface area contributed by atoms with Gasteiger partial charge in [0.25, 0.3) is 5.91 Å². The van der Waals surface area contributed by atoms with Crippen molar-refractivity contribution in [2.75, 3.05) is 19.2 Å². The van der Waals surface area contributed by atoms with Crippen LogP contribution in [0.3, 0.4) is 0 Å². The molecule has 0 fully saturated rings. The summed E-state index contributed by atoms with van der Waals surface area (Å²) in [6.45, 7) is 2.63. The highest BCUT2D eigenvalue weighted by molar-refractivity contribution is 6.05. The summed E-state index contributed by atoms with van der Waals surface area (Å²) in [5.74, 6) is 1.02. The van der Waals surface area contributed by atoms with Crippen LogP contribution in [0.25, 0.3) is 10.9 Å². The molecule has 3 heterocycles. The van der Waals surface area contributed by atoms with Crippen molar-refractivity contribution >= 4 is 22.5 Å². The Morgan fingerprint density at radius 1 is 1.30 bits per heavy atom. The number of nitrogens with one attached hydrogen (secondary N) is 1. The molecule has 0 atom stereocenters. The molecule has 0 unspecified atom stereocenters. The molecule has 3 aromatic rings. The van der Waals surface area contributed by atoms with Gasteiger partial charge >= 0.3 is 0 Å². The largest absolute Gasteiger partial charge is 0.481 e. The molecule has 0 bridgehead atoms. The molecular weight excluding hydrogens is 350 g/mol. The summed E-state index contributed by atoms with van der Waals surface area (Å²) < 4.78 is 17.6. The molecular formula is C19H17N3O5. The molecule has 2 aromatic heterocycles. The number of hydrogen-bond acceptors (Lipinski definition) is 6. The smallest absolute Gasteiger partial charge is 0.261 e. The molecule has 0 spiro atoms. The summed E-state index contributed by atoms with van der Waals surface area (Å²) in [6, 6.07) is 6.66. The molecule has 4 rings (SSSR count). The SMILES string of the molecule is CCn1cc(C(=O)Nc2ccc(OC)nc2)c(=O)c2cc3c(cc21)OCO3. The highest BCUT2D eigenvalue weighted by Crippen LogP contribution is 2.35. The van der Waals surface area contributed by atoms with E-state index in [-0.39, 0.29) is 17.8 Å². The minimum atomic E-state index is -0.506. The maximum Gasteiger partial charge on any atom is 0.261 e. The van der Waals surface area contributed by atoms with Crippen LogP contribution < -0.4 is 25.0 Å². The van der Waals surface area contributed by atoms with Gasteiger partial charge in [0.2, 0.25) is 18.1 Å². The lowest BCUT2D eigenvalue weighted by atomic mass is 10.1. The zero-order valence-corrected chi connectivity index (χ0v) is 14.8. The van der Waals surface area contributed by atoms with Crippen molar-refractivity contribution in [2.24, 2.45) is 0 Å². The second kappa shape index (κ2) is 6.64. The number of ether oxygens (including phenoxy) is 3. The van der Waals surface area contributed by atoms with Crippen LogP contribution in [-0.4, -0.2) is 29.4 Å². The van der Waals surface area contributed by atoms with Crippen molar-refractivity contribution < 1.29 is 19.0 Å². The molecule has 1 amide bonds. The first-order valence-corrected chi connectivity index (χ1v) is 8.39. The molecule has 0 saturated heterocycles. The maximum atomic E-state index is 12.9. The van der Waals surface area contributed by atoms with Gasteiger partial charge in [0.1, 0.15) is 5.56 Å². The van der Waals surface area contributed by atoms with Crippen molar-refractivity contribution in [2.45, 2.75) is 13.5 Å². The lowest BCUT2D eigenvalue weighted by molar-refractivity contribution is 0.102. The number of pyridine rings is 2. The van der Waals surface area contributed by atoms with E-state index in [1.165, 1.54) is 13.3 Å². The lowest BCUT2D eigenvalue weighted by Crippen LogP contribution is -2.24. The van der Waals surface area contributed by atoms with E-state index in [0.29, 0.717) is 40.5 Å². The summed E-state index contributed by atoms with van der Waals surface area (Å²) in [5, 5.41) is 3.10. The number of carbonyl (C=O) groups is 1. The van der Waals surface area contributed by atoms with Gasteiger partial charge in [0.05, 0.1) is 29.9 Å². The van der Waals surface area contributed by atoms with Crippen LogP contribution in [0.15, 0.2) is 41.5 Å². The minimum Gasteiger partial charge on any atom is -0.481 e. The van der Waals surface area contributed by atoms with E-state index in [0.717, 1.165) is 0 Å². The van der Waals surface area contributed by atoms with E-state index in [1.54, 1.807) is 30.5 Å². The topological polar surface area (TPSA) is 91.7 Å². The van der Waals surface area contributed by atoms with E-state index in [2.05, 4.69) is 10.3 Å². The molecule has 1 aliphatic heterocycles. The Hall–Kier alpha value is -3.55. The van der Waals surface area contributed by atoms with Gasteiger partial charge in [0, 0.05) is 24.9 Å². The van der Waals surface area contributed by atoms with Gasteiger partial charge in [-0.15, -0.1) is 0 Å². The van der Waals surface area contributed by atoms with Crippen LogP contribution in [0.1, 0.15) is 17.3 Å². The molecule has 0 radical (unpaired) electrons. The van der Waals surface area contributed by atoms with E-state index in [4.69, 9.17) is 14.2 Å². The molecule has 8 nitrogen and oxygen atoms in total. The Bertz CT molecular complexity index is 1090. The fourth-order valence-corrected chi connectivity index (χ4v) is 2.98. The van der Waals surface area contributed by atoms with Gasteiger partial charge < -0.3 is 24.1 Å². The number of anilines is 1. The molecule has 27 heavy (non-hydrogen) atoms. The zero-order valence-electron chi connectivity index (χ0n) is 14.8. The number of amides is 1. The number of methoxy groups -OCH3 is 1. The fraction of sp³-hybridized carbons (Fsp3) is 0.211. The van der Waals surface area contributed by atoms with Crippen LogP contribution >= 0.6 is 0 Å². The predicted molar refractivity (Wildman–Crippen MR) is 98.7 cm³/mol. The Labute approximate surface area is 154 Å². The Balaban J connectivity index is 1.76. The van der Waals surface area contributed by atoms with Crippen LogP contribution in [0.5, 0.6) is 17.4 Å². The molecule has 0 aliphatic carbocycles. The summed E-state index contributed by atoms with van der Waals surface area (Å²) in [7, 11) is 1.51. The third kappa shape index (κ3) is 2.95. The van der Waals surface area contributed by atoms with E-state index in [9.17, 15) is 9.59 Å². The number of aryl methyl sites for hydroxylation is 1. The van der Waals surface area contributed by atoms with Gasteiger partial charge in [0.15, 0.2) is 11.5 Å². The van der Waals surface area contributed by atoms with Crippen LogP contribution in [0, 0.1) is 0 Å². The highest BCUT2D eigenvalue weighted by Gasteiger charge is 2.20. The van der Waals surface area contributed by atoms with Crippen molar-refractivity contribution in [1.82, 2.24) is 9.55 Å². The average Bonchev–Trinajstić information content (AvgIpc) is 3.15. The van der Waals surface area contributed by atoms with Gasteiger partial charge in [-0.25, -0.2) is 4.98 Å². The Morgan fingerprint density at radius 2 is 2.07 bits per heavy atom. The zero-order chi connectivity index (χ0) is 19.0. The van der Waals surface area contributed by atoms with Crippen molar-refractivity contribution in [3.63, 3.8) is 0 Å². The number of rotatable bonds is 4. The molecule has 8 heteroatoms. The second-order valence-corrected chi connectivity index (χ2v) is 5.92. The molecule has 0 saturated carbocycles. The number of aromatic nitrogens is 2. The van der Waals surface area contributed by atoms with Gasteiger partial charge in [-0.1, -0.05) is 0 Å². The number of fused-ring (bicyclic) bond motifs is 2. The number of benzene rings is 1. The normalized spacial score (nSPS) is 12.2. The molecule has 1 aromatic carbocycles. The first-order chi connectivity index (χ1) is 13.1. The van der Waals surface area contributed by atoms with E-state index < -0.39 is 5.91 Å². The fourth-order valence-electron chi connectivity index (χ4n) is 2.98. The van der Waals surface area contributed by atoms with Crippen molar-refractivity contribution in [3.05, 3.63) is 52.4 Å². The van der Waals surface area contributed by atoms with Crippen LogP contribution in [0.4, 0.5) is 5.69 Å². The standard InChI is InChI=1S/C19H17N3O5/c1-3-22-9-13(19(24)21-11-4-5-17(25-2)20-8-11)18(23)12-6-15-16(7-14(12)22)27-10-26-15/h4-9H,3,10H2,1-2H3,(H,21,24). The second-order valence-electron chi connectivity index (χ2n) is 5.92. The van der Waals surface area contributed by atoms with Gasteiger partial charge in [-0.2, -0.15) is 0 Å². The van der Waals surface area contributed by atoms with Crippen molar-refractivity contribution in [1.29, 1.82) is 0 Å². The van der Waals surface area contributed by atoms with Crippen LogP contribution in [0.2, 0.25) is 0 Å². The lowest BCUT2D eigenvalue weighted by Gasteiger charge is -2.12. The Kier molecular flexibility index (Phi) is 4.15. The number of nitrogens with zero attached hydrogens (tertiary/aromatic N) is 2. The van der Waals surface area contributed by atoms with E-state index >= 15 is 0 Å². The first-order valence-electron chi connectivity index (χ1n) is 8.39. The monoisotopic (exact) mass is 367 g/mol. The predicted octanol–water partition coefficient (Wildman–Crippen LogP) is 2.41. The third-order valence-electron chi connectivity index (χ3n) is 4.36. The van der Waals surface area contributed by atoms with Gasteiger partial charge in [-0.05, 0) is 19.1 Å². The number of carbonyl (C=O) groups excluding carboxylic acids is 1. The third-order valence-corrected chi connectivity index (χ3v) is 4.36.